The molecule has 2 aromatic carbocycles. The van der Waals surface area contributed by atoms with Gasteiger partial charge in [0.05, 0.1) is 10.9 Å². The van der Waals surface area contributed by atoms with Crippen LogP contribution >= 0.6 is 0 Å². The summed E-state index contributed by atoms with van der Waals surface area (Å²) in [6, 6.07) is 10.7. The molecule has 0 saturated carbocycles. The van der Waals surface area contributed by atoms with E-state index in [0.717, 1.165) is 11.6 Å². The summed E-state index contributed by atoms with van der Waals surface area (Å²) in [6.45, 7) is 5.45. The second-order valence-corrected chi connectivity index (χ2v) is 7.24. The zero-order chi connectivity index (χ0) is 17.0. The van der Waals surface area contributed by atoms with E-state index < -0.39 is 21.9 Å². The Morgan fingerprint density at radius 3 is 2.39 bits per heavy atom. The van der Waals surface area contributed by atoms with Gasteiger partial charge in [0.2, 0.25) is 10.0 Å². The van der Waals surface area contributed by atoms with Crippen molar-refractivity contribution in [3.63, 3.8) is 0 Å². The Bertz CT molecular complexity index is 773. The molecule has 4 nitrogen and oxygen atoms in total. The third-order valence-electron chi connectivity index (χ3n) is 3.30. The van der Waals surface area contributed by atoms with E-state index in [0.29, 0.717) is 11.3 Å². The molecule has 0 aliphatic rings. The van der Waals surface area contributed by atoms with Gasteiger partial charge in [-0.15, -0.1) is 0 Å². The van der Waals surface area contributed by atoms with Gasteiger partial charge in [0.15, 0.2) is 0 Å². The molecule has 0 amide bonds. The Morgan fingerprint density at radius 2 is 1.78 bits per heavy atom. The summed E-state index contributed by atoms with van der Waals surface area (Å²) in [5, 5.41) is 0. The molecule has 1 N–H and O–H groups in total. The van der Waals surface area contributed by atoms with Gasteiger partial charge in [-0.2, -0.15) is 0 Å². The molecule has 0 aliphatic carbocycles. The standard InChI is InChI=1S/C17H20FNO3S/c1-12-4-7-16(8-5-12)22-11-14(3)19-23(20,21)17-9-6-15(18)10-13(17)2/h4-10,14,19H,11H2,1-3H3. The van der Waals surface area contributed by atoms with E-state index in [1.54, 1.807) is 13.8 Å². The number of benzene rings is 2. The summed E-state index contributed by atoms with van der Waals surface area (Å²) < 4.78 is 45.9. The summed E-state index contributed by atoms with van der Waals surface area (Å²) in [5.74, 6) is 0.219. The lowest BCUT2D eigenvalue weighted by Crippen LogP contribution is -2.37. The fourth-order valence-corrected chi connectivity index (χ4v) is 3.59. The van der Waals surface area contributed by atoms with Gasteiger partial charge in [-0.1, -0.05) is 17.7 Å². The molecule has 124 valence electrons. The van der Waals surface area contributed by atoms with Gasteiger partial charge in [0.25, 0.3) is 0 Å². The van der Waals surface area contributed by atoms with Crippen LogP contribution in [-0.2, 0) is 10.0 Å². The van der Waals surface area contributed by atoms with Crippen LogP contribution in [0.15, 0.2) is 47.4 Å². The van der Waals surface area contributed by atoms with Crippen molar-refractivity contribution in [2.24, 2.45) is 0 Å². The van der Waals surface area contributed by atoms with Crippen molar-refractivity contribution < 1.29 is 17.5 Å². The van der Waals surface area contributed by atoms with Crippen LogP contribution in [0.4, 0.5) is 4.39 Å². The molecule has 0 heterocycles. The number of halogens is 1. The highest BCUT2D eigenvalue weighted by atomic mass is 32.2. The first kappa shape index (κ1) is 17.4. The number of nitrogens with one attached hydrogen (secondary N) is 1. The first-order chi connectivity index (χ1) is 10.8. The average molecular weight is 337 g/mol. The zero-order valence-electron chi connectivity index (χ0n) is 13.3. The van der Waals surface area contributed by atoms with E-state index in [-0.39, 0.29) is 11.5 Å². The minimum absolute atomic E-state index is 0.0704. The van der Waals surface area contributed by atoms with Crippen molar-refractivity contribution >= 4 is 10.0 Å². The van der Waals surface area contributed by atoms with E-state index in [4.69, 9.17) is 4.74 Å². The summed E-state index contributed by atoms with van der Waals surface area (Å²) in [6.07, 6.45) is 0. The number of rotatable bonds is 6. The molecule has 0 aromatic heterocycles. The highest BCUT2D eigenvalue weighted by Gasteiger charge is 2.20. The largest absolute Gasteiger partial charge is 0.492 e. The van der Waals surface area contributed by atoms with Crippen molar-refractivity contribution in [3.8, 4) is 5.75 Å². The smallest absolute Gasteiger partial charge is 0.241 e. The molecule has 1 unspecified atom stereocenters. The monoisotopic (exact) mass is 337 g/mol. The molecule has 1 atom stereocenters. The SMILES string of the molecule is Cc1ccc(OCC(C)NS(=O)(=O)c2ccc(F)cc2C)cc1. The topological polar surface area (TPSA) is 55.4 Å². The van der Waals surface area contributed by atoms with Crippen molar-refractivity contribution in [1.82, 2.24) is 4.72 Å². The quantitative estimate of drug-likeness (QED) is 0.881. The zero-order valence-corrected chi connectivity index (χ0v) is 14.2. The van der Waals surface area contributed by atoms with Gasteiger partial charge in [0, 0.05) is 0 Å². The summed E-state index contributed by atoms with van der Waals surface area (Å²) in [5.41, 5.74) is 1.49. The molecule has 23 heavy (non-hydrogen) atoms. The van der Waals surface area contributed by atoms with Crippen molar-refractivity contribution in [1.29, 1.82) is 0 Å². The summed E-state index contributed by atoms with van der Waals surface area (Å²) in [4.78, 5) is 0.0704. The first-order valence-corrected chi connectivity index (χ1v) is 8.74. The predicted molar refractivity (Wildman–Crippen MR) is 87.6 cm³/mol. The van der Waals surface area contributed by atoms with Crippen LogP contribution in [-0.4, -0.2) is 21.1 Å². The number of hydrogen-bond acceptors (Lipinski definition) is 3. The Kier molecular flexibility index (Phi) is 5.38. The summed E-state index contributed by atoms with van der Waals surface area (Å²) >= 11 is 0. The van der Waals surface area contributed by atoms with E-state index in [1.165, 1.54) is 12.1 Å². The Labute approximate surface area is 136 Å². The van der Waals surface area contributed by atoms with Gasteiger partial charge >= 0.3 is 0 Å². The minimum Gasteiger partial charge on any atom is -0.492 e. The van der Waals surface area contributed by atoms with Crippen LogP contribution < -0.4 is 9.46 Å². The highest BCUT2D eigenvalue weighted by Crippen LogP contribution is 2.17. The van der Waals surface area contributed by atoms with Crippen molar-refractivity contribution in [2.45, 2.75) is 31.7 Å². The van der Waals surface area contributed by atoms with Gasteiger partial charge in [-0.25, -0.2) is 17.5 Å². The maximum Gasteiger partial charge on any atom is 0.241 e. The first-order valence-electron chi connectivity index (χ1n) is 7.26. The number of ether oxygens (including phenoxy) is 1. The van der Waals surface area contributed by atoms with Crippen LogP contribution in [0, 0.1) is 19.7 Å². The summed E-state index contributed by atoms with van der Waals surface area (Å²) in [7, 11) is -3.71. The molecule has 2 aromatic rings. The van der Waals surface area contributed by atoms with Gasteiger partial charge in [0.1, 0.15) is 18.2 Å². The molecule has 6 heteroatoms. The third-order valence-corrected chi connectivity index (χ3v) is 5.05. The average Bonchev–Trinajstić information content (AvgIpc) is 2.45. The van der Waals surface area contributed by atoms with Crippen LogP contribution in [0.25, 0.3) is 0 Å². The number of sulfonamides is 1. The van der Waals surface area contributed by atoms with E-state index in [1.807, 2.05) is 31.2 Å². The van der Waals surface area contributed by atoms with Crippen LogP contribution in [0.3, 0.4) is 0 Å². The molecule has 0 spiro atoms. The second kappa shape index (κ2) is 7.10. The van der Waals surface area contributed by atoms with E-state index in [9.17, 15) is 12.8 Å². The van der Waals surface area contributed by atoms with Crippen molar-refractivity contribution in [3.05, 3.63) is 59.4 Å². The molecule has 2 rings (SSSR count). The molecule has 0 aliphatic heterocycles. The minimum atomic E-state index is -3.71. The molecular weight excluding hydrogens is 317 g/mol. The van der Waals surface area contributed by atoms with E-state index in [2.05, 4.69) is 4.72 Å². The van der Waals surface area contributed by atoms with Crippen LogP contribution in [0.1, 0.15) is 18.1 Å². The molecule has 0 fully saturated rings. The van der Waals surface area contributed by atoms with Gasteiger partial charge in [-0.3, -0.25) is 0 Å². The lowest BCUT2D eigenvalue weighted by molar-refractivity contribution is 0.287. The maximum absolute atomic E-state index is 13.1. The maximum atomic E-state index is 13.1. The molecule has 0 bridgehead atoms. The van der Waals surface area contributed by atoms with Gasteiger partial charge in [-0.05, 0) is 56.7 Å². The van der Waals surface area contributed by atoms with Crippen LogP contribution in [0.5, 0.6) is 5.75 Å². The van der Waals surface area contributed by atoms with Gasteiger partial charge < -0.3 is 4.74 Å². The highest BCUT2D eigenvalue weighted by molar-refractivity contribution is 7.89. The molecule has 0 saturated heterocycles. The lowest BCUT2D eigenvalue weighted by Gasteiger charge is -2.16. The number of hydrogen-bond donors (Lipinski definition) is 1. The number of aryl methyl sites for hydroxylation is 2. The normalized spacial score (nSPS) is 12.9. The second-order valence-electron chi connectivity index (χ2n) is 5.56. The predicted octanol–water partition coefficient (Wildman–Crippen LogP) is 3.19. The van der Waals surface area contributed by atoms with Crippen molar-refractivity contribution in [2.75, 3.05) is 6.61 Å². The van der Waals surface area contributed by atoms with E-state index >= 15 is 0 Å². The molecule has 0 radical (unpaired) electrons. The lowest BCUT2D eigenvalue weighted by atomic mass is 10.2. The Morgan fingerprint density at radius 1 is 1.13 bits per heavy atom. The molecular formula is C17H20FNO3S. The fourth-order valence-electron chi connectivity index (χ4n) is 2.13. The third kappa shape index (κ3) is 4.77. The van der Waals surface area contributed by atoms with Crippen LogP contribution in [0.2, 0.25) is 0 Å². The fraction of sp³-hybridized carbons (Fsp3) is 0.294. The Balaban J connectivity index is 2.00. The Hall–Kier alpha value is -1.92.